The number of carboxylic acids is 1. The van der Waals surface area contributed by atoms with Crippen LogP contribution in [0, 0.1) is 13.8 Å². The maximum Gasteiger partial charge on any atom is 0.341 e. The van der Waals surface area contributed by atoms with Crippen LogP contribution in [-0.4, -0.2) is 54.8 Å². The summed E-state index contributed by atoms with van der Waals surface area (Å²) in [7, 11) is 1.78. The van der Waals surface area contributed by atoms with Crippen LogP contribution in [0.15, 0.2) is 12.1 Å². The molecular formula is C18H25NO5. The minimum absolute atomic E-state index is 0.0693. The first kappa shape index (κ1) is 18.3. The molecule has 1 aromatic carbocycles. The van der Waals surface area contributed by atoms with Crippen LogP contribution in [0.5, 0.6) is 5.75 Å². The lowest BCUT2D eigenvalue weighted by atomic mass is 10.0. The van der Waals surface area contributed by atoms with E-state index in [9.17, 15) is 9.59 Å². The fraction of sp³-hybridized carbons (Fsp3) is 0.556. The molecule has 1 aliphatic heterocycles. The van der Waals surface area contributed by atoms with Crippen molar-refractivity contribution >= 4 is 11.9 Å². The minimum Gasteiger partial charge on any atom is -0.481 e. The van der Waals surface area contributed by atoms with Crippen molar-refractivity contribution in [2.24, 2.45) is 0 Å². The average Bonchev–Trinajstić information content (AvgIpc) is 2.53. The van der Waals surface area contributed by atoms with Crippen LogP contribution in [-0.2, 0) is 9.53 Å². The smallest absolute Gasteiger partial charge is 0.341 e. The first-order valence-corrected chi connectivity index (χ1v) is 8.21. The number of carboxylic acid groups (broad SMARTS) is 1. The number of carbonyl (C=O) groups is 2. The van der Waals surface area contributed by atoms with Gasteiger partial charge in [0.05, 0.1) is 6.10 Å². The SMILES string of the molecule is Cc1cc(C(=O)N(C)CC2CCCCO2)cc(C)c1OCC(=O)O. The van der Waals surface area contributed by atoms with E-state index in [1.54, 1.807) is 24.1 Å². The Hall–Kier alpha value is -2.08. The second-order valence-corrected chi connectivity index (χ2v) is 6.30. The summed E-state index contributed by atoms with van der Waals surface area (Å²) in [4.78, 5) is 25.0. The van der Waals surface area contributed by atoms with E-state index in [0.29, 0.717) is 17.9 Å². The molecule has 0 saturated carbocycles. The zero-order valence-corrected chi connectivity index (χ0v) is 14.5. The number of amides is 1. The Bertz CT molecular complexity index is 584. The number of hydrogen-bond acceptors (Lipinski definition) is 4. The third-order valence-electron chi connectivity index (χ3n) is 4.15. The molecule has 1 amide bonds. The zero-order valence-electron chi connectivity index (χ0n) is 14.5. The molecule has 132 valence electrons. The maximum absolute atomic E-state index is 12.6. The predicted octanol–water partition coefficient (Wildman–Crippen LogP) is 2.41. The van der Waals surface area contributed by atoms with Gasteiger partial charge < -0.3 is 19.5 Å². The first-order valence-electron chi connectivity index (χ1n) is 8.21. The number of hydrogen-bond donors (Lipinski definition) is 1. The third kappa shape index (κ3) is 4.71. The Kier molecular flexibility index (Phi) is 6.20. The molecule has 1 N–H and O–H groups in total. The van der Waals surface area contributed by atoms with E-state index in [4.69, 9.17) is 14.6 Å². The molecule has 0 radical (unpaired) electrons. The van der Waals surface area contributed by atoms with E-state index in [-0.39, 0.29) is 12.0 Å². The molecule has 24 heavy (non-hydrogen) atoms. The number of benzene rings is 1. The molecule has 1 atom stereocenters. The summed E-state index contributed by atoms with van der Waals surface area (Å²) in [6.45, 7) is 4.57. The molecule has 1 saturated heterocycles. The minimum atomic E-state index is -1.03. The van der Waals surface area contributed by atoms with Gasteiger partial charge in [-0.2, -0.15) is 0 Å². The molecule has 0 spiro atoms. The molecule has 1 aromatic rings. The fourth-order valence-corrected chi connectivity index (χ4v) is 3.00. The highest BCUT2D eigenvalue weighted by Gasteiger charge is 2.21. The van der Waals surface area contributed by atoms with Gasteiger partial charge in [0.25, 0.3) is 5.91 Å². The standard InChI is InChI=1S/C18H25NO5/c1-12-8-14(9-13(2)17(12)24-11-16(20)21)18(22)19(3)10-15-6-4-5-7-23-15/h8-9,15H,4-7,10-11H2,1-3H3,(H,20,21). The summed E-state index contributed by atoms with van der Waals surface area (Å²) in [6.07, 6.45) is 3.32. The van der Waals surface area contributed by atoms with Gasteiger partial charge in [0.15, 0.2) is 6.61 Å². The molecule has 6 heteroatoms. The van der Waals surface area contributed by atoms with Crippen LogP contribution in [0.4, 0.5) is 0 Å². The number of carbonyl (C=O) groups excluding carboxylic acids is 1. The van der Waals surface area contributed by atoms with Gasteiger partial charge in [-0.3, -0.25) is 4.79 Å². The first-order chi connectivity index (χ1) is 11.4. The lowest BCUT2D eigenvalue weighted by Gasteiger charge is -2.27. The zero-order chi connectivity index (χ0) is 17.7. The molecule has 1 heterocycles. The summed E-state index contributed by atoms with van der Waals surface area (Å²) in [6, 6.07) is 3.48. The van der Waals surface area contributed by atoms with Gasteiger partial charge >= 0.3 is 5.97 Å². The van der Waals surface area contributed by atoms with E-state index in [1.165, 1.54) is 0 Å². The van der Waals surface area contributed by atoms with Crippen LogP contribution in [0.1, 0.15) is 40.7 Å². The Morgan fingerprint density at radius 1 is 1.29 bits per heavy atom. The Labute approximate surface area is 142 Å². The molecule has 6 nitrogen and oxygen atoms in total. The Morgan fingerprint density at radius 3 is 2.50 bits per heavy atom. The number of aryl methyl sites for hydroxylation is 2. The number of ether oxygens (including phenoxy) is 2. The monoisotopic (exact) mass is 335 g/mol. The highest BCUT2D eigenvalue weighted by molar-refractivity contribution is 5.94. The van der Waals surface area contributed by atoms with E-state index in [1.807, 2.05) is 13.8 Å². The topological polar surface area (TPSA) is 76.1 Å². The summed E-state index contributed by atoms with van der Waals surface area (Å²) < 4.78 is 11.0. The van der Waals surface area contributed by atoms with Crippen molar-refractivity contribution in [3.63, 3.8) is 0 Å². The predicted molar refractivity (Wildman–Crippen MR) is 89.6 cm³/mol. The summed E-state index contributed by atoms with van der Waals surface area (Å²) >= 11 is 0. The van der Waals surface area contributed by atoms with E-state index in [2.05, 4.69) is 0 Å². The summed E-state index contributed by atoms with van der Waals surface area (Å²) in [5.74, 6) is -0.575. The van der Waals surface area contributed by atoms with Crippen molar-refractivity contribution in [3.8, 4) is 5.75 Å². The summed E-state index contributed by atoms with van der Waals surface area (Å²) in [5.41, 5.74) is 2.08. The van der Waals surface area contributed by atoms with Gasteiger partial charge in [0, 0.05) is 25.8 Å². The van der Waals surface area contributed by atoms with Gasteiger partial charge in [-0.15, -0.1) is 0 Å². The molecule has 1 aliphatic rings. The second kappa shape index (κ2) is 8.15. The lowest BCUT2D eigenvalue weighted by molar-refractivity contribution is -0.139. The normalized spacial score (nSPS) is 17.4. The molecule has 1 fully saturated rings. The van der Waals surface area contributed by atoms with Gasteiger partial charge in [-0.25, -0.2) is 4.79 Å². The van der Waals surface area contributed by atoms with Gasteiger partial charge in [-0.1, -0.05) is 0 Å². The second-order valence-electron chi connectivity index (χ2n) is 6.30. The van der Waals surface area contributed by atoms with Crippen molar-refractivity contribution in [3.05, 3.63) is 28.8 Å². The van der Waals surface area contributed by atoms with Crippen molar-refractivity contribution < 1.29 is 24.2 Å². The molecular weight excluding hydrogens is 310 g/mol. The molecule has 0 aliphatic carbocycles. The molecule has 2 rings (SSSR count). The number of likely N-dealkylation sites (N-methyl/N-ethyl adjacent to an activating group) is 1. The third-order valence-corrected chi connectivity index (χ3v) is 4.15. The molecule has 1 unspecified atom stereocenters. The maximum atomic E-state index is 12.6. The van der Waals surface area contributed by atoms with E-state index >= 15 is 0 Å². The quantitative estimate of drug-likeness (QED) is 0.864. The van der Waals surface area contributed by atoms with Gasteiger partial charge in [-0.05, 0) is 56.4 Å². The van der Waals surface area contributed by atoms with E-state index < -0.39 is 12.6 Å². The average molecular weight is 335 g/mol. The van der Waals surface area contributed by atoms with Crippen LogP contribution in [0.25, 0.3) is 0 Å². The number of nitrogens with zero attached hydrogens (tertiary/aromatic N) is 1. The largest absolute Gasteiger partial charge is 0.481 e. The lowest BCUT2D eigenvalue weighted by Crippen LogP contribution is -2.37. The Morgan fingerprint density at radius 2 is 1.96 bits per heavy atom. The molecule has 0 aromatic heterocycles. The van der Waals surface area contributed by atoms with Crippen LogP contribution in [0.2, 0.25) is 0 Å². The van der Waals surface area contributed by atoms with Crippen LogP contribution >= 0.6 is 0 Å². The Balaban J connectivity index is 2.07. The number of aliphatic carboxylic acids is 1. The fourth-order valence-electron chi connectivity index (χ4n) is 3.00. The highest BCUT2D eigenvalue weighted by atomic mass is 16.5. The summed E-state index contributed by atoms with van der Waals surface area (Å²) in [5, 5.41) is 8.73. The van der Waals surface area contributed by atoms with Crippen molar-refractivity contribution in [2.45, 2.75) is 39.2 Å². The van der Waals surface area contributed by atoms with E-state index in [0.717, 1.165) is 37.0 Å². The van der Waals surface area contributed by atoms with Crippen molar-refractivity contribution in [1.82, 2.24) is 4.90 Å². The van der Waals surface area contributed by atoms with Crippen LogP contribution < -0.4 is 4.74 Å². The van der Waals surface area contributed by atoms with Crippen LogP contribution in [0.3, 0.4) is 0 Å². The van der Waals surface area contributed by atoms with Gasteiger partial charge in [0.1, 0.15) is 5.75 Å². The molecule has 0 bridgehead atoms. The van der Waals surface area contributed by atoms with Gasteiger partial charge in [0.2, 0.25) is 0 Å². The van der Waals surface area contributed by atoms with Crippen molar-refractivity contribution in [1.29, 1.82) is 0 Å². The highest BCUT2D eigenvalue weighted by Crippen LogP contribution is 2.25. The number of rotatable bonds is 6. The van der Waals surface area contributed by atoms with Crippen molar-refractivity contribution in [2.75, 3.05) is 26.8 Å².